The van der Waals surface area contributed by atoms with Gasteiger partial charge in [0.15, 0.2) is 5.78 Å². The third-order valence-electron chi connectivity index (χ3n) is 3.07. The lowest BCUT2D eigenvalue weighted by Gasteiger charge is -2.19. The molecule has 0 spiro atoms. The van der Waals surface area contributed by atoms with E-state index in [0.717, 1.165) is 23.5 Å². The Morgan fingerprint density at radius 1 is 1.50 bits per heavy atom. The summed E-state index contributed by atoms with van der Waals surface area (Å²) in [5.74, 6) is 2.43. The molecule has 2 atom stereocenters. The van der Waals surface area contributed by atoms with Gasteiger partial charge < -0.3 is 5.11 Å². The van der Waals surface area contributed by atoms with Gasteiger partial charge in [0.1, 0.15) is 0 Å². The van der Waals surface area contributed by atoms with Crippen molar-refractivity contribution in [2.45, 2.75) is 19.4 Å². The van der Waals surface area contributed by atoms with Gasteiger partial charge in [0.25, 0.3) is 0 Å². The van der Waals surface area contributed by atoms with E-state index in [2.05, 4.69) is 0 Å². The van der Waals surface area contributed by atoms with E-state index < -0.39 is 6.10 Å². The number of ketones is 1. The second-order valence-electron chi connectivity index (χ2n) is 4.21. The van der Waals surface area contributed by atoms with Crippen LogP contribution in [0, 0.1) is 5.92 Å². The third kappa shape index (κ3) is 2.30. The van der Waals surface area contributed by atoms with Crippen LogP contribution in [0.1, 0.15) is 35.4 Å². The molecule has 2 unspecified atom stereocenters. The molecule has 3 heteroatoms. The number of rotatable bonds is 3. The topological polar surface area (TPSA) is 37.3 Å². The Morgan fingerprint density at radius 2 is 2.25 bits per heavy atom. The lowest BCUT2D eigenvalue weighted by molar-refractivity contribution is 0.0986. The molecule has 2 nitrogen and oxygen atoms in total. The van der Waals surface area contributed by atoms with Gasteiger partial charge in [-0.1, -0.05) is 24.3 Å². The Balaban J connectivity index is 2.27. The van der Waals surface area contributed by atoms with Crippen LogP contribution < -0.4 is 0 Å². The molecule has 86 valence electrons. The maximum Gasteiger partial charge on any atom is 0.160 e. The molecule has 0 bridgehead atoms. The van der Waals surface area contributed by atoms with Gasteiger partial charge in [-0.15, -0.1) is 0 Å². The first-order valence-corrected chi connectivity index (χ1v) is 6.71. The quantitative estimate of drug-likeness (QED) is 0.820. The highest BCUT2D eigenvalue weighted by atomic mass is 32.2. The molecule has 1 aliphatic rings. The molecular weight excluding hydrogens is 220 g/mol. The van der Waals surface area contributed by atoms with Crippen LogP contribution in [0.25, 0.3) is 0 Å². The van der Waals surface area contributed by atoms with Crippen LogP contribution in [0.4, 0.5) is 0 Å². The van der Waals surface area contributed by atoms with E-state index in [9.17, 15) is 9.90 Å². The fraction of sp³-hybridized carbons (Fsp3) is 0.462. The first-order valence-electron chi connectivity index (χ1n) is 5.56. The third-order valence-corrected chi connectivity index (χ3v) is 4.26. The summed E-state index contributed by atoms with van der Waals surface area (Å²) in [7, 11) is 0. The number of hydrogen-bond acceptors (Lipinski definition) is 3. The predicted molar refractivity (Wildman–Crippen MR) is 66.8 cm³/mol. The summed E-state index contributed by atoms with van der Waals surface area (Å²) in [6.45, 7) is 1.55. The second kappa shape index (κ2) is 5.02. The van der Waals surface area contributed by atoms with E-state index in [1.807, 2.05) is 30.0 Å². The SMILES string of the molecule is CC(=O)c1ccccc1C(O)C1CCSC1. The summed E-state index contributed by atoms with van der Waals surface area (Å²) in [4.78, 5) is 11.5. The lowest BCUT2D eigenvalue weighted by atomic mass is 9.91. The predicted octanol–water partition coefficient (Wildman–Crippen LogP) is 2.68. The number of carbonyl (C=O) groups excluding carboxylic acids is 1. The molecule has 0 amide bonds. The highest BCUT2D eigenvalue weighted by molar-refractivity contribution is 7.99. The summed E-state index contributed by atoms with van der Waals surface area (Å²) in [6.07, 6.45) is 0.549. The van der Waals surface area contributed by atoms with E-state index in [1.54, 1.807) is 13.0 Å². The van der Waals surface area contributed by atoms with Gasteiger partial charge in [0, 0.05) is 5.56 Å². The van der Waals surface area contributed by atoms with Crippen molar-refractivity contribution in [1.29, 1.82) is 0 Å². The van der Waals surface area contributed by atoms with E-state index >= 15 is 0 Å². The Bertz CT molecular complexity index is 383. The van der Waals surface area contributed by atoms with Crippen molar-refractivity contribution in [3.8, 4) is 0 Å². The molecule has 16 heavy (non-hydrogen) atoms. The van der Waals surface area contributed by atoms with Crippen molar-refractivity contribution in [3.05, 3.63) is 35.4 Å². The van der Waals surface area contributed by atoms with Crippen LogP contribution in [0.5, 0.6) is 0 Å². The number of carbonyl (C=O) groups is 1. The zero-order chi connectivity index (χ0) is 11.5. The van der Waals surface area contributed by atoms with Crippen molar-refractivity contribution < 1.29 is 9.90 Å². The zero-order valence-electron chi connectivity index (χ0n) is 9.35. The van der Waals surface area contributed by atoms with Crippen LogP contribution in [0.15, 0.2) is 24.3 Å². The number of Topliss-reactive ketones (excluding diaryl/α,β-unsaturated/α-hetero) is 1. The molecule has 1 aliphatic heterocycles. The largest absolute Gasteiger partial charge is 0.388 e. The summed E-state index contributed by atoms with van der Waals surface area (Å²) in [5, 5.41) is 10.3. The molecule has 1 aromatic rings. The molecular formula is C13H16O2S. The molecule has 1 saturated heterocycles. The zero-order valence-corrected chi connectivity index (χ0v) is 10.2. The first kappa shape index (κ1) is 11.7. The minimum Gasteiger partial charge on any atom is -0.388 e. The van der Waals surface area contributed by atoms with E-state index in [0.29, 0.717) is 11.5 Å². The molecule has 1 fully saturated rings. The molecule has 0 saturated carbocycles. The lowest BCUT2D eigenvalue weighted by Crippen LogP contribution is -2.14. The highest BCUT2D eigenvalue weighted by Gasteiger charge is 2.26. The second-order valence-corrected chi connectivity index (χ2v) is 5.36. The van der Waals surface area contributed by atoms with Crippen LogP contribution in [0.2, 0.25) is 0 Å². The molecule has 1 N–H and O–H groups in total. The van der Waals surface area contributed by atoms with Crippen molar-refractivity contribution in [2.24, 2.45) is 5.92 Å². The Hall–Kier alpha value is -0.800. The average Bonchev–Trinajstić information content (AvgIpc) is 2.81. The van der Waals surface area contributed by atoms with Gasteiger partial charge in [-0.05, 0) is 36.3 Å². The van der Waals surface area contributed by atoms with E-state index in [4.69, 9.17) is 0 Å². The number of benzene rings is 1. The summed E-state index contributed by atoms with van der Waals surface area (Å²) >= 11 is 1.87. The van der Waals surface area contributed by atoms with Crippen molar-refractivity contribution in [2.75, 3.05) is 11.5 Å². The van der Waals surface area contributed by atoms with Crippen molar-refractivity contribution in [1.82, 2.24) is 0 Å². The van der Waals surface area contributed by atoms with Crippen LogP contribution in [-0.4, -0.2) is 22.4 Å². The van der Waals surface area contributed by atoms with E-state index in [-0.39, 0.29) is 5.78 Å². The minimum atomic E-state index is -0.491. The maximum absolute atomic E-state index is 11.5. The Kier molecular flexibility index (Phi) is 3.66. The van der Waals surface area contributed by atoms with Gasteiger partial charge in [0.05, 0.1) is 6.10 Å². The maximum atomic E-state index is 11.5. The van der Waals surface area contributed by atoms with Gasteiger partial charge in [0.2, 0.25) is 0 Å². The molecule has 0 aromatic heterocycles. The number of aliphatic hydroxyl groups is 1. The van der Waals surface area contributed by atoms with Crippen molar-refractivity contribution in [3.63, 3.8) is 0 Å². The average molecular weight is 236 g/mol. The van der Waals surface area contributed by atoms with Gasteiger partial charge in [-0.25, -0.2) is 0 Å². The van der Waals surface area contributed by atoms with Gasteiger partial charge in [-0.3, -0.25) is 4.79 Å². The summed E-state index contributed by atoms with van der Waals surface area (Å²) < 4.78 is 0. The minimum absolute atomic E-state index is 0.0281. The highest BCUT2D eigenvalue weighted by Crippen LogP contribution is 2.35. The number of thioether (sulfide) groups is 1. The standard InChI is InChI=1S/C13H16O2S/c1-9(14)11-4-2-3-5-12(11)13(15)10-6-7-16-8-10/h2-5,10,13,15H,6-8H2,1H3. The number of hydrogen-bond donors (Lipinski definition) is 1. The normalized spacial score (nSPS) is 22.0. The smallest absolute Gasteiger partial charge is 0.160 e. The number of aliphatic hydroxyl groups excluding tert-OH is 1. The molecule has 1 aromatic carbocycles. The fourth-order valence-electron chi connectivity index (χ4n) is 2.13. The fourth-order valence-corrected chi connectivity index (χ4v) is 3.42. The molecule has 0 radical (unpaired) electrons. The van der Waals surface area contributed by atoms with E-state index in [1.165, 1.54) is 0 Å². The summed E-state index contributed by atoms with van der Waals surface area (Å²) in [5.41, 5.74) is 1.45. The summed E-state index contributed by atoms with van der Waals surface area (Å²) in [6, 6.07) is 7.39. The monoisotopic (exact) mass is 236 g/mol. The molecule has 1 heterocycles. The van der Waals surface area contributed by atoms with Crippen LogP contribution in [0.3, 0.4) is 0 Å². The molecule has 0 aliphatic carbocycles. The molecule has 2 rings (SSSR count). The first-order chi connectivity index (χ1) is 7.70. The van der Waals surface area contributed by atoms with Crippen LogP contribution in [-0.2, 0) is 0 Å². The Morgan fingerprint density at radius 3 is 2.88 bits per heavy atom. The van der Waals surface area contributed by atoms with Gasteiger partial charge >= 0.3 is 0 Å². The van der Waals surface area contributed by atoms with Crippen LogP contribution >= 0.6 is 11.8 Å². The van der Waals surface area contributed by atoms with Crippen molar-refractivity contribution >= 4 is 17.5 Å². The van der Waals surface area contributed by atoms with Gasteiger partial charge in [-0.2, -0.15) is 11.8 Å². The Labute approximate surface area is 100 Å².